The third kappa shape index (κ3) is 11.8. The van der Waals surface area contributed by atoms with Gasteiger partial charge in [0.1, 0.15) is 11.5 Å². The van der Waals surface area contributed by atoms with E-state index in [9.17, 15) is 0 Å². The molecule has 2 aliphatic rings. The van der Waals surface area contributed by atoms with E-state index in [1.165, 1.54) is 51.4 Å². The van der Waals surface area contributed by atoms with Crippen LogP contribution in [0.1, 0.15) is 79.1 Å². The molecule has 0 saturated carbocycles. The zero-order chi connectivity index (χ0) is 29.3. The summed E-state index contributed by atoms with van der Waals surface area (Å²) in [6.07, 6.45) is 20.2. The fourth-order valence-electron chi connectivity index (χ4n) is 4.64. The molecule has 0 fully saturated rings. The molecule has 0 spiro atoms. The van der Waals surface area contributed by atoms with Gasteiger partial charge in [-0.25, -0.2) is 0 Å². The van der Waals surface area contributed by atoms with E-state index in [0.717, 1.165) is 22.9 Å². The van der Waals surface area contributed by atoms with Gasteiger partial charge in [-0.05, 0) is 74.6 Å². The number of nitrogens with one attached hydrogen (secondary N) is 2. The number of hydrogen-bond donors (Lipinski definition) is 2. The molecule has 218 valence electrons. The average Bonchev–Trinajstić information content (AvgIpc) is 3.62. The van der Waals surface area contributed by atoms with Crippen LogP contribution in [0.5, 0.6) is 11.5 Å². The maximum Gasteiger partial charge on any atom is 0.175 e. The molecule has 0 bridgehead atoms. The minimum Gasteiger partial charge on any atom is -0.494 e. The van der Waals surface area contributed by atoms with Gasteiger partial charge in [-0.2, -0.15) is 0 Å². The molecule has 2 aliphatic carbocycles. The Labute approximate surface area is 264 Å². The molecule has 2 aromatic rings. The van der Waals surface area contributed by atoms with E-state index in [1.807, 2.05) is 68.9 Å². The van der Waals surface area contributed by atoms with Crippen molar-refractivity contribution in [2.24, 2.45) is 0 Å². The maximum atomic E-state index is 5.40. The zero-order valence-corrected chi connectivity index (χ0v) is 28.5. The van der Waals surface area contributed by atoms with Crippen LogP contribution in [-0.4, -0.2) is 18.3 Å². The Hall–Kier alpha value is -2.43. The minimum atomic E-state index is -0.463. The Balaban J connectivity index is 0.000000228. The Bertz CT molecular complexity index is 1120. The summed E-state index contributed by atoms with van der Waals surface area (Å²) >= 11 is 4.84. The molecule has 0 aromatic heterocycles. The molecule has 0 aliphatic heterocycles. The molecule has 0 radical (unpaired) electrons. The van der Waals surface area contributed by atoms with Gasteiger partial charge < -0.3 is 20.1 Å². The quantitative estimate of drug-likeness (QED) is 0.199. The first-order valence-corrected chi connectivity index (χ1v) is 18.0. The molecule has 0 saturated heterocycles. The third-order valence-electron chi connectivity index (χ3n) is 6.80. The Morgan fingerprint density at radius 2 is 1.10 bits per heavy atom. The van der Waals surface area contributed by atoms with Gasteiger partial charge in [0.05, 0.1) is 13.2 Å². The van der Waals surface area contributed by atoms with Crippen LogP contribution in [0.4, 0.5) is 11.4 Å². The fraction of sp³-hybridized carbons (Fsp3) is 0.400. The van der Waals surface area contributed by atoms with Crippen LogP contribution in [0.15, 0.2) is 90.5 Å². The molecular formula is C35H46N2O2SZr. The summed E-state index contributed by atoms with van der Waals surface area (Å²) in [5, 5.41) is 6.80. The van der Waals surface area contributed by atoms with Crippen molar-refractivity contribution in [1.29, 1.82) is 0 Å². The van der Waals surface area contributed by atoms with E-state index < -0.39 is 23.2 Å². The first-order valence-electron chi connectivity index (χ1n) is 15.1. The van der Waals surface area contributed by atoms with E-state index in [2.05, 4.69) is 48.8 Å². The summed E-state index contributed by atoms with van der Waals surface area (Å²) in [7, 11) is 0. The van der Waals surface area contributed by atoms with Crippen LogP contribution in [0.2, 0.25) is 0 Å². The maximum absolute atomic E-state index is 5.40. The monoisotopic (exact) mass is 648 g/mol. The van der Waals surface area contributed by atoms with Gasteiger partial charge in [0.15, 0.2) is 5.11 Å². The van der Waals surface area contributed by atoms with Crippen LogP contribution < -0.4 is 20.1 Å². The van der Waals surface area contributed by atoms with Crippen molar-refractivity contribution in [3.8, 4) is 11.5 Å². The van der Waals surface area contributed by atoms with Crippen LogP contribution in [0, 0.1) is 0 Å². The standard InChI is InChI=1S/C17H20N2O2S.2C9H13.Zr/c1-3-20-15-9-5-13(6-10-15)18-17(22)19-14-7-11-16(12-8-14)21-4-2;2*1-2-3-6-9-7-4-5-8-9;/h5-12H,3-4H2,1-2H3,(H2,18,19,22);2*4,7H,2-3,5-6H2,1H3;. The topological polar surface area (TPSA) is 42.5 Å². The van der Waals surface area contributed by atoms with E-state index in [4.69, 9.17) is 21.7 Å². The van der Waals surface area contributed by atoms with Gasteiger partial charge in [-0.3, -0.25) is 0 Å². The van der Waals surface area contributed by atoms with Crippen molar-refractivity contribution in [2.75, 3.05) is 23.8 Å². The van der Waals surface area contributed by atoms with Gasteiger partial charge in [-0.1, -0.05) is 0 Å². The number of unbranched alkanes of at least 4 members (excludes halogenated alkanes) is 2. The molecule has 0 unspecified atom stereocenters. The second kappa shape index (κ2) is 18.9. The molecule has 2 aromatic carbocycles. The molecule has 2 N–H and O–H groups in total. The van der Waals surface area contributed by atoms with Crippen molar-refractivity contribution in [3.05, 3.63) is 90.5 Å². The second-order valence-electron chi connectivity index (χ2n) is 10.0. The molecule has 0 heterocycles. The summed E-state index contributed by atoms with van der Waals surface area (Å²) in [5.41, 5.74) is 5.24. The SMILES string of the molecule is CCCCC1=[C]([Zr][C]2=C(CCCC)C=CC2)CC=C1.CCOc1ccc(NC(=S)Nc2ccc(OCC)cc2)cc1. The predicted octanol–water partition coefficient (Wildman–Crippen LogP) is 10.2. The number of thiocarbonyl (C=S) groups is 1. The van der Waals surface area contributed by atoms with Crippen LogP contribution in [0.3, 0.4) is 0 Å². The van der Waals surface area contributed by atoms with Gasteiger partial charge in [0.2, 0.25) is 0 Å². The van der Waals surface area contributed by atoms with Gasteiger partial charge in [0, 0.05) is 11.4 Å². The summed E-state index contributed by atoms with van der Waals surface area (Å²) in [6, 6.07) is 15.3. The number of hydrogen-bond acceptors (Lipinski definition) is 3. The Morgan fingerprint density at radius 3 is 1.46 bits per heavy atom. The van der Waals surface area contributed by atoms with Crippen molar-refractivity contribution in [3.63, 3.8) is 0 Å². The molecule has 0 atom stereocenters. The van der Waals surface area contributed by atoms with E-state index in [0.29, 0.717) is 18.3 Å². The summed E-state index contributed by atoms with van der Waals surface area (Å²) in [4.78, 5) is 0. The van der Waals surface area contributed by atoms with E-state index in [-0.39, 0.29) is 0 Å². The Morgan fingerprint density at radius 1 is 0.683 bits per heavy atom. The molecule has 4 rings (SSSR count). The molecular weight excluding hydrogens is 604 g/mol. The van der Waals surface area contributed by atoms with Gasteiger partial charge >= 0.3 is 130 Å². The summed E-state index contributed by atoms with van der Waals surface area (Å²) < 4.78 is 14.5. The summed E-state index contributed by atoms with van der Waals surface area (Å²) in [6.45, 7) is 9.83. The van der Waals surface area contributed by atoms with Crippen molar-refractivity contribution >= 4 is 28.7 Å². The number of benzene rings is 2. The number of ether oxygens (including phenoxy) is 2. The second-order valence-corrected chi connectivity index (χ2v) is 14.0. The van der Waals surface area contributed by atoms with Crippen molar-refractivity contribution < 1.29 is 32.7 Å². The third-order valence-corrected chi connectivity index (χ3v) is 11.1. The molecule has 6 heteroatoms. The van der Waals surface area contributed by atoms with Crippen LogP contribution in [-0.2, 0) is 23.2 Å². The summed E-state index contributed by atoms with van der Waals surface area (Å²) in [5.74, 6) is 1.69. The predicted molar refractivity (Wildman–Crippen MR) is 176 cm³/mol. The molecule has 0 amide bonds. The van der Waals surface area contributed by atoms with Gasteiger partial charge in [-0.15, -0.1) is 0 Å². The van der Waals surface area contributed by atoms with Crippen LogP contribution in [0.25, 0.3) is 0 Å². The Kier molecular flexibility index (Phi) is 15.2. The zero-order valence-electron chi connectivity index (χ0n) is 25.2. The van der Waals surface area contributed by atoms with Gasteiger partial charge in [0.25, 0.3) is 0 Å². The van der Waals surface area contributed by atoms with Crippen molar-refractivity contribution in [2.45, 2.75) is 79.1 Å². The number of anilines is 2. The van der Waals surface area contributed by atoms with Crippen LogP contribution >= 0.6 is 12.2 Å². The first kappa shape index (κ1) is 33.1. The molecule has 4 nitrogen and oxygen atoms in total. The number of allylic oxidation sites excluding steroid dienone is 8. The van der Waals surface area contributed by atoms with Crippen molar-refractivity contribution in [1.82, 2.24) is 0 Å². The number of rotatable bonds is 14. The molecule has 41 heavy (non-hydrogen) atoms. The van der Waals surface area contributed by atoms with E-state index >= 15 is 0 Å². The van der Waals surface area contributed by atoms with E-state index in [1.54, 1.807) is 11.1 Å². The smallest absolute Gasteiger partial charge is 0.175 e. The largest absolute Gasteiger partial charge is 0.494 e. The normalized spacial score (nSPS) is 13.7. The minimum absolute atomic E-state index is 0.463. The fourth-order valence-corrected chi connectivity index (χ4v) is 8.67. The first-order chi connectivity index (χ1) is 20.1. The average molecular weight is 650 g/mol.